The van der Waals surface area contributed by atoms with E-state index < -0.39 is 165 Å². The van der Waals surface area contributed by atoms with Gasteiger partial charge in [0.05, 0.1) is 0 Å². The molecule has 0 amide bonds. The van der Waals surface area contributed by atoms with E-state index in [9.17, 15) is 130 Å². The molecule has 0 heterocycles. The van der Waals surface area contributed by atoms with E-state index in [2.05, 4.69) is 47.9 Å². The van der Waals surface area contributed by atoms with Crippen molar-refractivity contribution in [3.63, 3.8) is 0 Å². The molecular formula is C58H82F18N2O16S2. The molecule has 5 aliphatic carbocycles. The number of allylic oxidation sites excluding steroid dienone is 2. The molecule has 14 atom stereocenters. The summed E-state index contributed by atoms with van der Waals surface area (Å²) in [4.78, 5) is 44.9. The molecule has 0 saturated heterocycles. The van der Waals surface area contributed by atoms with Crippen LogP contribution in [-0.4, -0.2) is 157 Å². The second-order valence-electron chi connectivity index (χ2n) is 25.3. The van der Waals surface area contributed by atoms with Gasteiger partial charge in [-0.15, -0.1) is 0 Å². The Hall–Kier alpha value is -5.02. The molecule has 4 bridgehead atoms. The van der Waals surface area contributed by atoms with Gasteiger partial charge in [0.15, 0.2) is 22.4 Å². The summed E-state index contributed by atoms with van der Waals surface area (Å²) in [5.74, 6) is -5.20. The van der Waals surface area contributed by atoms with Crippen LogP contribution in [0.25, 0.3) is 0 Å². The van der Waals surface area contributed by atoms with Crippen molar-refractivity contribution in [2.75, 3.05) is 19.7 Å². The minimum Gasteiger partial charge on any atom is -0.461 e. The Bertz CT molecular complexity index is 2940. The number of nitrogens with one attached hydrogen (secondary N) is 2. The van der Waals surface area contributed by atoms with Gasteiger partial charge in [-0.3, -0.25) is 0 Å². The van der Waals surface area contributed by atoms with Gasteiger partial charge in [-0.25, -0.2) is 45.5 Å². The number of ether oxygens (including phenoxy) is 4. The quantitative estimate of drug-likeness (QED) is 0.0156. The lowest BCUT2D eigenvalue weighted by Crippen LogP contribution is -2.57. The molecule has 0 aliphatic heterocycles. The Kier molecular flexibility index (Phi) is 31.0. The Balaban J connectivity index is 0.000000608. The number of alkyl halides is 18. The third kappa shape index (κ3) is 25.9. The van der Waals surface area contributed by atoms with Crippen molar-refractivity contribution in [3.8, 4) is 0 Å². The van der Waals surface area contributed by atoms with Crippen LogP contribution in [0.5, 0.6) is 0 Å². The number of esters is 4. The van der Waals surface area contributed by atoms with Crippen LogP contribution >= 0.6 is 0 Å². The first-order valence-corrected chi connectivity index (χ1v) is 32.1. The van der Waals surface area contributed by atoms with Crippen LogP contribution in [0.3, 0.4) is 0 Å². The van der Waals surface area contributed by atoms with Crippen LogP contribution in [0, 0.1) is 47.3 Å². The number of hydrogen-bond acceptors (Lipinski definition) is 16. The molecule has 5 rings (SSSR count). The van der Waals surface area contributed by atoms with Gasteiger partial charge >= 0.3 is 79.6 Å². The maximum atomic E-state index is 13.1. The monoisotopic (exact) mass is 1470 g/mol. The van der Waals surface area contributed by atoms with Gasteiger partial charge in [0.1, 0.15) is 24.9 Å². The number of hydrogen-bond donors (Lipinski definition) is 6. The number of carbonyl (C=O) groups excluding carboxylic acids is 4. The smallest absolute Gasteiger partial charge is 0.461 e. The predicted octanol–water partition coefficient (Wildman–Crippen LogP) is 11.5. The highest BCUT2D eigenvalue weighted by Gasteiger charge is 2.62. The summed E-state index contributed by atoms with van der Waals surface area (Å²) in [5, 5.41) is 38.5. The van der Waals surface area contributed by atoms with Crippen LogP contribution in [0.2, 0.25) is 0 Å². The summed E-state index contributed by atoms with van der Waals surface area (Å²) >= 11 is 0. The van der Waals surface area contributed by atoms with Gasteiger partial charge in [-0.05, 0) is 162 Å². The number of carbonyl (C=O) groups is 4. The van der Waals surface area contributed by atoms with E-state index in [1.807, 2.05) is 0 Å². The fraction of sp³-hybridized carbons (Fsp3) is 0.759. The van der Waals surface area contributed by atoms with Crippen LogP contribution in [0.15, 0.2) is 60.8 Å². The molecule has 38 heteroatoms. The van der Waals surface area contributed by atoms with E-state index in [-0.39, 0.29) is 59.1 Å². The Morgan fingerprint density at radius 3 is 1.31 bits per heavy atom. The minimum atomic E-state index is -5.38. The predicted molar refractivity (Wildman–Crippen MR) is 306 cm³/mol. The minimum absolute atomic E-state index is 0.0682. The molecular weight excluding hydrogens is 1390 g/mol. The lowest BCUT2D eigenvalue weighted by molar-refractivity contribution is -0.299. The zero-order valence-electron chi connectivity index (χ0n) is 53.5. The topological polar surface area (TPSA) is 278 Å². The zero-order chi connectivity index (χ0) is 75.5. The van der Waals surface area contributed by atoms with Crippen molar-refractivity contribution in [2.45, 2.75) is 209 Å². The van der Waals surface area contributed by atoms with Gasteiger partial charge in [0, 0.05) is 53.6 Å². The van der Waals surface area contributed by atoms with Crippen molar-refractivity contribution in [3.05, 3.63) is 60.8 Å². The molecule has 18 nitrogen and oxygen atoms in total. The molecule has 0 aromatic carbocycles. The Morgan fingerprint density at radius 2 is 0.948 bits per heavy atom. The van der Waals surface area contributed by atoms with Gasteiger partial charge < -0.3 is 39.4 Å². The SMILES string of the molecule is C=C(C)C(=O)OC(C)CC(C)(O)C(F)(F)F.C=C(C)C(=O)OC1CC(C(C)(O)C(F)(F)F)CC(C(C)(O)C(F)(F)F)C1.C=C(C)C(=O)OC1CC2CC(CC(C)(O)C(F)(F)F)C1C2.C=C(C)C(=O)OCCNS(=O)(=O)C(F)(F)F.O=S(=O)(NCCC1CC2C=CC1C2)C(F)(F)F. The fourth-order valence-corrected chi connectivity index (χ4v) is 11.9. The maximum Gasteiger partial charge on any atom is 0.511 e. The number of fused-ring (bicyclic) bond motifs is 4. The highest BCUT2D eigenvalue weighted by molar-refractivity contribution is 7.90. The van der Waals surface area contributed by atoms with Crippen LogP contribution in [-0.2, 0) is 58.2 Å². The number of aliphatic hydroxyl groups is 4. The van der Waals surface area contributed by atoms with Crippen molar-refractivity contribution in [1.29, 1.82) is 0 Å². The van der Waals surface area contributed by atoms with E-state index in [0.717, 1.165) is 26.2 Å². The molecule has 14 unspecified atom stereocenters. The van der Waals surface area contributed by atoms with Crippen LogP contribution < -0.4 is 9.44 Å². The number of halogens is 18. The van der Waals surface area contributed by atoms with Crippen LogP contribution in [0.1, 0.15) is 133 Å². The molecule has 0 spiro atoms. The number of rotatable bonds is 21. The lowest BCUT2D eigenvalue weighted by atomic mass is 9.67. The first kappa shape index (κ1) is 89.0. The first-order valence-electron chi connectivity index (χ1n) is 29.1. The summed E-state index contributed by atoms with van der Waals surface area (Å²) in [6, 6.07) is 0. The molecule has 4 saturated carbocycles. The van der Waals surface area contributed by atoms with E-state index in [1.165, 1.54) is 32.4 Å². The molecule has 0 aromatic rings. The highest BCUT2D eigenvalue weighted by Crippen LogP contribution is 2.54. The standard InChI is InChI=1S/C16H22F6O4.C15H21F3O3.C10H14F3NO2S.C10H15F3O3.C7H10F3NO4S/c1-8(2)12(23)26-11-6-9(13(3,24)15(17,18)19)5-10(7-11)14(4,25)16(20,21)22;1-8(2)13(19)21-12-6-9-4-10(11(12)5-9)7-14(3,20)15(16,17)18;11-10(12,13)17(15,16)14-4-3-9-6-7-1-2-8(9)5-7;1-6(2)8(14)16-7(3)5-9(4,15)10(11,12)13;1-5(2)6(12)15-4-3-11-16(13,14)7(8,9)10/h9-11,24-25H,1,5-7H2,2-4H3;9-12,20H,1,4-7H2,2-3H3;1-2,7-9,14H,3-6H2;7,15H,1,5H2,2-4H3;11H,1,3-4H2,2H3. The van der Waals surface area contributed by atoms with E-state index in [0.29, 0.717) is 57.8 Å². The molecule has 5 aliphatic rings. The van der Waals surface area contributed by atoms with Crippen LogP contribution in [0.4, 0.5) is 79.0 Å². The van der Waals surface area contributed by atoms with Crippen molar-refractivity contribution < 1.29 is 154 Å². The number of sulfonamides is 2. The van der Waals surface area contributed by atoms with E-state index in [1.54, 1.807) is 11.6 Å². The van der Waals surface area contributed by atoms with Gasteiger partial charge in [-0.2, -0.15) is 79.0 Å². The summed E-state index contributed by atoms with van der Waals surface area (Å²) in [7, 11) is -10.6. The zero-order valence-corrected chi connectivity index (χ0v) is 55.2. The second kappa shape index (κ2) is 33.4. The Morgan fingerprint density at radius 1 is 0.521 bits per heavy atom. The van der Waals surface area contributed by atoms with Crippen molar-refractivity contribution in [1.82, 2.24) is 9.44 Å². The lowest BCUT2D eigenvalue weighted by Gasteiger charge is -2.46. The third-order valence-electron chi connectivity index (χ3n) is 16.6. The largest absolute Gasteiger partial charge is 0.511 e. The summed E-state index contributed by atoms with van der Waals surface area (Å²) < 4.78 is 290. The van der Waals surface area contributed by atoms with Crippen molar-refractivity contribution in [2.24, 2.45) is 47.3 Å². The molecule has 96 heavy (non-hydrogen) atoms. The molecule has 558 valence electrons. The normalized spacial score (nSPS) is 26.2. The third-order valence-corrected chi connectivity index (χ3v) is 18.9. The van der Waals surface area contributed by atoms with Gasteiger partial charge in [0.25, 0.3) is 0 Å². The average molecular weight is 1470 g/mol. The second-order valence-corrected chi connectivity index (χ2v) is 28.8. The molecule has 4 fully saturated rings. The molecule has 6 N–H and O–H groups in total. The summed E-state index contributed by atoms with van der Waals surface area (Å²) in [5.41, 5.74) is -22.4. The molecule has 0 radical (unpaired) electrons. The average Bonchev–Trinajstić information content (AvgIpc) is 1.35. The summed E-state index contributed by atoms with van der Waals surface area (Å²) in [6.07, 6.45) is -16.2. The van der Waals surface area contributed by atoms with Gasteiger partial charge in [0.2, 0.25) is 0 Å². The highest BCUT2D eigenvalue weighted by atomic mass is 32.2. The van der Waals surface area contributed by atoms with E-state index in [4.69, 9.17) is 14.6 Å². The van der Waals surface area contributed by atoms with E-state index >= 15 is 0 Å². The summed E-state index contributed by atoms with van der Waals surface area (Å²) in [6.45, 7) is 21.2. The van der Waals surface area contributed by atoms with Gasteiger partial charge in [-0.1, -0.05) is 38.5 Å². The van der Waals surface area contributed by atoms with Crippen molar-refractivity contribution >= 4 is 43.9 Å². The maximum absolute atomic E-state index is 13.1. The fourth-order valence-electron chi connectivity index (χ4n) is 10.9. The molecule has 0 aromatic heterocycles. The Labute approximate surface area is 543 Å². The first-order chi connectivity index (χ1) is 42.8.